The number of halogens is 1. The van der Waals surface area contributed by atoms with Gasteiger partial charge in [0, 0.05) is 6.04 Å². The summed E-state index contributed by atoms with van der Waals surface area (Å²) >= 11 is 5.88. The van der Waals surface area contributed by atoms with Gasteiger partial charge in [0.15, 0.2) is 0 Å². The molecule has 0 aliphatic heterocycles. The fourth-order valence-electron chi connectivity index (χ4n) is 2.17. The lowest BCUT2D eigenvalue weighted by atomic mass is 9.93. The van der Waals surface area contributed by atoms with E-state index in [-0.39, 0.29) is 9.92 Å². The molecule has 2 N–H and O–H groups in total. The number of aliphatic hydroxyl groups excluding tert-OH is 1. The first-order valence-corrected chi connectivity index (χ1v) is 7.82. The highest BCUT2D eigenvalue weighted by Crippen LogP contribution is 2.24. The highest BCUT2D eigenvalue weighted by Gasteiger charge is 2.28. The fourth-order valence-corrected chi connectivity index (χ4v) is 4.00. The van der Waals surface area contributed by atoms with Crippen molar-refractivity contribution in [3.05, 3.63) is 29.3 Å². The molecular weight excluding hydrogens is 274 g/mol. The quantitative estimate of drug-likeness (QED) is 0.893. The maximum atomic E-state index is 12.2. The smallest absolute Gasteiger partial charge is 0.242 e. The molecule has 1 aromatic rings. The van der Waals surface area contributed by atoms with E-state index >= 15 is 0 Å². The molecule has 0 heterocycles. The second-order valence-corrected chi connectivity index (χ2v) is 6.60. The number of hydrogen-bond acceptors (Lipinski definition) is 3. The Hall–Kier alpha value is -0.620. The standard InChI is InChI=1S/C12H16ClNO3S/c13-9-5-1-4-8-12(9)18(16,17)14-10-6-2-3-7-11(10)15/h1,4-5,8,10-11,14-15H,2-3,6-7H2/t10-,11-/m0/s1. The summed E-state index contributed by atoms with van der Waals surface area (Å²) in [4.78, 5) is 0.0597. The molecule has 2 rings (SSSR count). The third-order valence-corrected chi connectivity index (χ3v) is 5.15. The van der Waals surface area contributed by atoms with Gasteiger partial charge in [-0.2, -0.15) is 0 Å². The Morgan fingerprint density at radius 1 is 1.22 bits per heavy atom. The van der Waals surface area contributed by atoms with E-state index in [0.717, 1.165) is 12.8 Å². The molecule has 1 aliphatic rings. The molecule has 100 valence electrons. The van der Waals surface area contributed by atoms with Crippen molar-refractivity contribution in [2.24, 2.45) is 0 Å². The van der Waals surface area contributed by atoms with Gasteiger partial charge in [0.05, 0.1) is 11.1 Å². The van der Waals surface area contributed by atoms with Crippen molar-refractivity contribution in [3.63, 3.8) is 0 Å². The summed E-state index contributed by atoms with van der Waals surface area (Å²) in [5.41, 5.74) is 0. The lowest BCUT2D eigenvalue weighted by molar-refractivity contribution is 0.101. The van der Waals surface area contributed by atoms with E-state index in [0.29, 0.717) is 12.8 Å². The minimum Gasteiger partial charge on any atom is -0.391 e. The van der Waals surface area contributed by atoms with Crippen LogP contribution >= 0.6 is 11.6 Å². The van der Waals surface area contributed by atoms with Crippen LogP contribution in [-0.4, -0.2) is 25.7 Å². The Bertz CT molecular complexity index is 518. The van der Waals surface area contributed by atoms with Gasteiger partial charge in [-0.15, -0.1) is 0 Å². The van der Waals surface area contributed by atoms with Crippen LogP contribution in [0.15, 0.2) is 29.2 Å². The highest BCUT2D eigenvalue weighted by molar-refractivity contribution is 7.89. The van der Waals surface area contributed by atoms with Crippen LogP contribution in [0.2, 0.25) is 5.02 Å². The number of aliphatic hydroxyl groups is 1. The SMILES string of the molecule is O=S(=O)(N[C@H]1CCCC[C@@H]1O)c1ccccc1Cl. The van der Waals surface area contributed by atoms with E-state index in [1.807, 2.05) is 0 Å². The molecule has 1 aromatic carbocycles. The van der Waals surface area contributed by atoms with Gasteiger partial charge < -0.3 is 5.11 Å². The molecule has 6 heteroatoms. The molecule has 2 atom stereocenters. The molecule has 1 saturated carbocycles. The van der Waals surface area contributed by atoms with E-state index in [4.69, 9.17) is 11.6 Å². The number of rotatable bonds is 3. The average Bonchev–Trinajstić information content (AvgIpc) is 2.32. The highest BCUT2D eigenvalue weighted by atomic mass is 35.5. The van der Waals surface area contributed by atoms with Crippen molar-refractivity contribution in [3.8, 4) is 0 Å². The predicted octanol–water partition coefficient (Wildman–Crippen LogP) is 1.92. The maximum absolute atomic E-state index is 12.2. The summed E-state index contributed by atoms with van der Waals surface area (Å²) in [6.07, 6.45) is 2.54. The summed E-state index contributed by atoms with van der Waals surface area (Å²) in [6, 6.07) is 5.88. The van der Waals surface area contributed by atoms with E-state index < -0.39 is 22.2 Å². The molecule has 0 saturated heterocycles. The van der Waals surface area contributed by atoms with Crippen LogP contribution in [0.25, 0.3) is 0 Å². The van der Waals surface area contributed by atoms with E-state index in [1.165, 1.54) is 12.1 Å². The number of hydrogen-bond donors (Lipinski definition) is 2. The minimum atomic E-state index is -3.67. The van der Waals surface area contributed by atoms with Crippen LogP contribution in [0, 0.1) is 0 Å². The third kappa shape index (κ3) is 3.03. The van der Waals surface area contributed by atoms with E-state index in [1.54, 1.807) is 12.1 Å². The van der Waals surface area contributed by atoms with Gasteiger partial charge >= 0.3 is 0 Å². The Morgan fingerprint density at radius 2 is 1.89 bits per heavy atom. The first kappa shape index (κ1) is 13.8. The number of sulfonamides is 1. The number of benzene rings is 1. The average molecular weight is 290 g/mol. The molecule has 1 aliphatic carbocycles. The summed E-state index contributed by atoms with van der Waals surface area (Å²) in [7, 11) is -3.67. The van der Waals surface area contributed by atoms with Crippen LogP contribution in [0.3, 0.4) is 0 Å². The molecule has 4 nitrogen and oxygen atoms in total. The third-order valence-electron chi connectivity index (χ3n) is 3.16. The summed E-state index contributed by atoms with van der Waals surface area (Å²) < 4.78 is 26.9. The van der Waals surface area contributed by atoms with Gasteiger partial charge in [0.2, 0.25) is 10.0 Å². The van der Waals surface area contributed by atoms with Gasteiger partial charge in [-0.3, -0.25) is 0 Å². The van der Waals surface area contributed by atoms with Crippen molar-refractivity contribution in [1.29, 1.82) is 0 Å². The zero-order valence-corrected chi connectivity index (χ0v) is 11.4. The van der Waals surface area contributed by atoms with Crippen LogP contribution in [0.4, 0.5) is 0 Å². The molecule has 0 aromatic heterocycles. The van der Waals surface area contributed by atoms with Crippen LogP contribution < -0.4 is 4.72 Å². The van der Waals surface area contributed by atoms with E-state index in [2.05, 4.69) is 4.72 Å². The van der Waals surface area contributed by atoms with Gasteiger partial charge in [0.1, 0.15) is 4.90 Å². The topological polar surface area (TPSA) is 66.4 Å². The van der Waals surface area contributed by atoms with Gasteiger partial charge in [-0.25, -0.2) is 13.1 Å². The Labute approximate surface area is 112 Å². The van der Waals surface area contributed by atoms with Gasteiger partial charge in [0.25, 0.3) is 0 Å². The lowest BCUT2D eigenvalue weighted by Crippen LogP contribution is -2.45. The fraction of sp³-hybridized carbons (Fsp3) is 0.500. The number of nitrogens with one attached hydrogen (secondary N) is 1. The molecule has 0 unspecified atom stereocenters. The van der Waals surface area contributed by atoms with Crippen molar-refractivity contribution in [2.45, 2.75) is 42.7 Å². The Kier molecular flexibility index (Phi) is 4.27. The van der Waals surface area contributed by atoms with Gasteiger partial charge in [-0.05, 0) is 25.0 Å². The second-order valence-electron chi connectivity index (χ2n) is 4.51. The van der Waals surface area contributed by atoms with Crippen LogP contribution in [0.1, 0.15) is 25.7 Å². The zero-order chi connectivity index (χ0) is 13.2. The zero-order valence-electron chi connectivity index (χ0n) is 9.84. The predicted molar refractivity (Wildman–Crippen MR) is 70.0 cm³/mol. The van der Waals surface area contributed by atoms with Crippen LogP contribution in [0.5, 0.6) is 0 Å². The van der Waals surface area contributed by atoms with Crippen molar-refractivity contribution in [1.82, 2.24) is 4.72 Å². The van der Waals surface area contributed by atoms with Crippen molar-refractivity contribution >= 4 is 21.6 Å². The molecule has 1 fully saturated rings. The Morgan fingerprint density at radius 3 is 2.56 bits per heavy atom. The monoisotopic (exact) mass is 289 g/mol. The van der Waals surface area contributed by atoms with Crippen LogP contribution in [-0.2, 0) is 10.0 Å². The molecule has 0 bridgehead atoms. The maximum Gasteiger partial charge on any atom is 0.242 e. The summed E-state index contributed by atoms with van der Waals surface area (Å²) in [5.74, 6) is 0. The van der Waals surface area contributed by atoms with Gasteiger partial charge in [-0.1, -0.05) is 36.6 Å². The van der Waals surface area contributed by atoms with Crippen molar-refractivity contribution < 1.29 is 13.5 Å². The molecular formula is C12H16ClNO3S. The lowest BCUT2D eigenvalue weighted by Gasteiger charge is -2.28. The molecule has 0 spiro atoms. The molecule has 0 radical (unpaired) electrons. The summed E-state index contributed by atoms with van der Waals surface area (Å²) in [6.45, 7) is 0. The summed E-state index contributed by atoms with van der Waals surface area (Å²) in [5, 5.41) is 9.98. The second kappa shape index (κ2) is 5.57. The minimum absolute atomic E-state index is 0.0597. The van der Waals surface area contributed by atoms with E-state index in [9.17, 15) is 13.5 Å². The normalized spacial score (nSPS) is 25.0. The molecule has 0 amide bonds. The first-order chi connectivity index (χ1) is 8.50. The largest absolute Gasteiger partial charge is 0.391 e. The van der Waals surface area contributed by atoms with Crippen molar-refractivity contribution in [2.75, 3.05) is 0 Å². The first-order valence-electron chi connectivity index (χ1n) is 5.95. The molecule has 18 heavy (non-hydrogen) atoms. The Balaban J connectivity index is 2.19.